The molecule has 0 atom stereocenters. The molecule has 0 amide bonds. The van der Waals surface area contributed by atoms with Gasteiger partial charge in [0.25, 0.3) is 0 Å². The average Bonchev–Trinajstić information content (AvgIpc) is 2.04. The Morgan fingerprint density at radius 1 is 1.38 bits per heavy atom. The summed E-state index contributed by atoms with van der Waals surface area (Å²) in [6, 6.07) is 0. The lowest BCUT2D eigenvalue weighted by Crippen LogP contribution is -2.29. The van der Waals surface area contributed by atoms with Gasteiger partial charge in [0.05, 0.1) is 40.0 Å². The van der Waals surface area contributed by atoms with Crippen LogP contribution in [0.2, 0.25) is 0 Å². The number of nitrogens with zero attached hydrogens (tertiary/aromatic N) is 1. The van der Waals surface area contributed by atoms with Crippen molar-refractivity contribution >= 4 is 9.73 Å². The van der Waals surface area contributed by atoms with Crippen molar-refractivity contribution in [3.63, 3.8) is 0 Å². The summed E-state index contributed by atoms with van der Waals surface area (Å²) in [4.78, 5) is 0. The van der Waals surface area contributed by atoms with Crippen LogP contribution in [-0.4, -0.2) is 34.5 Å². The number of ether oxygens (including phenoxy) is 1. The molecule has 78 valence electrons. The highest BCUT2D eigenvalue weighted by Crippen LogP contribution is 2.18. The molecule has 0 N–H and O–H groups in total. The minimum Gasteiger partial charge on any atom is -0.379 e. The zero-order valence-electron chi connectivity index (χ0n) is 8.71. The SMILES string of the molecule is CCC(C)(C)N=S1(=O)CCOCC1. The summed E-state index contributed by atoms with van der Waals surface area (Å²) in [5.41, 5.74) is -0.144. The van der Waals surface area contributed by atoms with Gasteiger partial charge in [-0.15, -0.1) is 0 Å². The highest BCUT2D eigenvalue weighted by molar-refractivity contribution is 7.93. The molecule has 1 aliphatic heterocycles. The molecule has 0 aromatic carbocycles. The van der Waals surface area contributed by atoms with Crippen molar-refractivity contribution in [1.29, 1.82) is 0 Å². The molecule has 1 heterocycles. The van der Waals surface area contributed by atoms with Gasteiger partial charge in [0.1, 0.15) is 0 Å². The van der Waals surface area contributed by atoms with Gasteiger partial charge in [0.2, 0.25) is 0 Å². The first-order valence-corrected chi connectivity index (χ1v) is 6.64. The van der Waals surface area contributed by atoms with E-state index in [4.69, 9.17) is 4.74 Å². The van der Waals surface area contributed by atoms with Crippen molar-refractivity contribution in [2.45, 2.75) is 32.7 Å². The fraction of sp³-hybridized carbons (Fsp3) is 1.00. The number of hydrogen-bond acceptors (Lipinski definition) is 3. The summed E-state index contributed by atoms with van der Waals surface area (Å²) in [6.45, 7) is 7.35. The molecule has 1 fully saturated rings. The Kier molecular flexibility index (Phi) is 3.35. The third kappa shape index (κ3) is 3.27. The Morgan fingerprint density at radius 2 is 1.92 bits per heavy atom. The third-order valence-electron chi connectivity index (χ3n) is 2.37. The Balaban J connectivity index is 2.83. The van der Waals surface area contributed by atoms with E-state index in [1.165, 1.54) is 0 Å². The molecule has 0 aromatic rings. The zero-order valence-corrected chi connectivity index (χ0v) is 9.52. The minimum absolute atomic E-state index is 0.144. The molecule has 13 heavy (non-hydrogen) atoms. The van der Waals surface area contributed by atoms with E-state index in [0.29, 0.717) is 24.7 Å². The number of rotatable bonds is 2. The molecule has 0 aromatic heterocycles. The van der Waals surface area contributed by atoms with Crippen LogP contribution < -0.4 is 0 Å². The molecule has 0 spiro atoms. The Morgan fingerprint density at radius 3 is 2.38 bits per heavy atom. The van der Waals surface area contributed by atoms with Gasteiger partial charge in [-0.25, -0.2) is 8.57 Å². The third-order valence-corrected chi connectivity index (χ3v) is 4.81. The monoisotopic (exact) mass is 205 g/mol. The second kappa shape index (κ2) is 3.96. The first kappa shape index (κ1) is 11.0. The van der Waals surface area contributed by atoms with Gasteiger partial charge in [-0.1, -0.05) is 6.92 Å². The molecular formula is C9H19NO2S. The second-order valence-corrected chi connectivity index (χ2v) is 6.59. The van der Waals surface area contributed by atoms with E-state index < -0.39 is 9.73 Å². The molecule has 0 saturated carbocycles. The summed E-state index contributed by atoms with van der Waals surface area (Å²) in [5, 5.41) is 0. The molecule has 3 nitrogen and oxygen atoms in total. The van der Waals surface area contributed by atoms with Crippen molar-refractivity contribution in [2.75, 3.05) is 24.7 Å². The van der Waals surface area contributed by atoms with E-state index in [1.54, 1.807) is 0 Å². The van der Waals surface area contributed by atoms with Crippen LogP contribution in [0.4, 0.5) is 0 Å². The summed E-state index contributed by atoms with van der Waals surface area (Å²) in [7, 11) is -1.96. The van der Waals surface area contributed by atoms with Gasteiger partial charge in [-0.3, -0.25) is 0 Å². The maximum Gasteiger partial charge on any atom is 0.0643 e. The van der Waals surface area contributed by atoms with Gasteiger partial charge in [-0.05, 0) is 20.3 Å². The van der Waals surface area contributed by atoms with Crippen molar-refractivity contribution in [2.24, 2.45) is 4.36 Å². The first-order chi connectivity index (χ1) is 5.97. The Bertz CT molecular complexity index is 265. The van der Waals surface area contributed by atoms with Crippen molar-refractivity contribution in [3.05, 3.63) is 0 Å². The molecule has 0 radical (unpaired) electrons. The standard InChI is InChI=1S/C9H19NO2S/c1-4-9(2,3)10-13(11)7-5-12-6-8-13/h4-8H2,1-3H3. The van der Waals surface area contributed by atoms with E-state index in [9.17, 15) is 4.21 Å². The predicted molar refractivity (Wildman–Crippen MR) is 55.5 cm³/mol. The molecule has 1 rings (SSSR count). The maximum atomic E-state index is 12.1. The number of hydrogen-bond donors (Lipinski definition) is 0. The normalized spacial score (nSPS) is 22.7. The van der Waals surface area contributed by atoms with E-state index in [2.05, 4.69) is 11.3 Å². The summed E-state index contributed by atoms with van der Waals surface area (Å²) >= 11 is 0. The van der Waals surface area contributed by atoms with Gasteiger partial charge in [-0.2, -0.15) is 0 Å². The first-order valence-electron chi connectivity index (χ1n) is 4.79. The molecule has 0 bridgehead atoms. The van der Waals surface area contributed by atoms with Crippen LogP contribution in [0.15, 0.2) is 4.36 Å². The Hall–Kier alpha value is -0.0900. The van der Waals surface area contributed by atoms with Gasteiger partial charge in [0, 0.05) is 0 Å². The second-order valence-electron chi connectivity index (χ2n) is 4.05. The molecule has 1 aliphatic rings. The molecule has 4 heteroatoms. The van der Waals surface area contributed by atoms with E-state index >= 15 is 0 Å². The quantitative estimate of drug-likeness (QED) is 0.688. The molecule has 0 unspecified atom stereocenters. The van der Waals surface area contributed by atoms with Crippen LogP contribution in [0.3, 0.4) is 0 Å². The predicted octanol–water partition coefficient (Wildman–Crippen LogP) is 1.67. The highest BCUT2D eigenvalue weighted by atomic mass is 32.2. The van der Waals surface area contributed by atoms with Crippen LogP contribution in [0, 0.1) is 0 Å². The molecule has 1 saturated heterocycles. The van der Waals surface area contributed by atoms with Crippen LogP contribution >= 0.6 is 0 Å². The van der Waals surface area contributed by atoms with Gasteiger partial charge >= 0.3 is 0 Å². The van der Waals surface area contributed by atoms with E-state index in [0.717, 1.165) is 6.42 Å². The summed E-state index contributed by atoms with van der Waals surface area (Å²) in [5.74, 6) is 1.22. The fourth-order valence-electron chi connectivity index (χ4n) is 1.19. The average molecular weight is 205 g/mol. The van der Waals surface area contributed by atoms with Crippen LogP contribution in [0.5, 0.6) is 0 Å². The zero-order chi connectivity index (χ0) is 9.95. The Labute approximate surface area is 81.0 Å². The topological polar surface area (TPSA) is 38.7 Å². The van der Waals surface area contributed by atoms with Crippen LogP contribution in [-0.2, 0) is 14.5 Å². The summed E-state index contributed by atoms with van der Waals surface area (Å²) < 4.78 is 21.8. The fourth-order valence-corrected chi connectivity index (χ4v) is 3.36. The van der Waals surface area contributed by atoms with Crippen LogP contribution in [0.1, 0.15) is 27.2 Å². The lowest BCUT2D eigenvalue weighted by Gasteiger charge is -2.23. The van der Waals surface area contributed by atoms with Crippen LogP contribution in [0.25, 0.3) is 0 Å². The minimum atomic E-state index is -1.96. The highest BCUT2D eigenvalue weighted by Gasteiger charge is 2.21. The summed E-state index contributed by atoms with van der Waals surface area (Å²) in [6.07, 6.45) is 0.935. The van der Waals surface area contributed by atoms with Gasteiger partial charge < -0.3 is 4.74 Å². The largest absolute Gasteiger partial charge is 0.379 e. The van der Waals surface area contributed by atoms with Gasteiger partial charge in [0.15, 0.2) is 0 Å². The maximum absolute atomic E-state index is 12.1. The van der Waals surface area contributed by atoms with Crippen molar-refractivity contribution in [3.8, 4) is 0 Å². The molecular weight excluding hydrogens is 186 g/mol. The van der Waals surface area contributed by atoms with E-state index in [-0.39, 0.29) is 5.54 Å². The lowest BCUT2D eigenvalue weighted by molar-refractivity contribution is 0.158. The molecule has 0 aliphatic carbocycles. The van der Waals surface area contributed by atoms with E-state index in [1.807, 2.05) is 13.8 Å². The van der Waals surface area contributed by atoms with Crippen molar-refractivity contribution in [1.82, 2.24) is 0 Å². The smallest absolute Gasteiger partial charge is 0.0643 e. The lowest BCUT2D eigenvalue weighted by atomic mass is 10.1. The van der Waals surface area contributed by atoms with Crippen molar-refractivity contribution < 1.29 is 8.95 Å².